The van der Waals surface area contributed by atoms with E-state index in [1.54, 1.807) is 12.1 Å². The average Bonchev–Trinajstić information content (AvgIpc) is 2.65. The SMILES string of the molecule is OC(CCCC(F)(F)F)CCc1ccco1. The Hall–Kier alpha value is -0.970. The van der Waals surface area contributed by atoms with Crippen molar-refractivity contribution in [2.75, 3.05) is 0 Å². The second-order valence-corrected chi connectivity index (χ2v) is 3.78. The first-order valence-electron chi connectivity index (χ1n) is 5.24. The van der Waals surface area contributed by atoms with Crippen LogP contribution in [0.1, 0.15) is 31.4 Å². The first-order chi connectivity index (χ1) is 7.47. The van der Waals surface area contributed by atoms with Gasteiger partial charge in [0.25, 0.3) is 0 Å². The molecule has 0 spiro atoms. The smallest absolute Gasteiger partial charge is 0.389 e. The Morgan fingerprint density at radius 2 is 2.06 bits per heavy atom. The summed E-state index contributed by atoms with van der Waals surface area (Å²) < 4.78 is 40.5. The molecule has 1 N–H and O–H groups in total. The minimum absolute atomic E-state index is 0.0250. The summed E-state index contributed by atoms with van der Waals surface area (Å²) in [5, 5.41) is 9.44. The van der Waals surface area contributed by atoms with E-state index in [1.807, 2.05) is 0 Å². The summed E-state index contributed by atoms with van der Waals surface area (Å²) in [7, 11) is 0. The average molecular weight is 236 g/mol. The molecule has 1 atom stereocenters. The van der Waals surface area contributed by atoms with Crippen molar-refractivity contribution < 1.29 is 22.7 Å². The second-order valence-electron chi connectivity index (χ2n) is 3.78. The van der Waals surface area contributed by atoms with E-state index in [9.17, 15) is 18.3 Å². The molecule has 5 heteroatoms. The molecule has 1 aromatic heterocycles. The molecule has 0 radical (unpaired) electrons. The van der Waals surface area contributed by atoms with Crippen LogP contribution < -0.4 is 0 Å². The number of hydrogen-bond acceptors (Lipinski definition) is 2. The predicted octanol–water partition coefficient (Wildman–Crippen LogP) is 3.31. The first-order valence-corrected chi connectivity index (χ1v) is 5.24. The lowest BCUT2D eigenvalue weighted by Gasteiger charge is -2.10. The number of furan rings is 1. The summed E-state index contributed by atoms with van der Waals surface area (Å²) in [6, 6.07) is 3.52. The Bertz CT molecular complexity index is 280. The summed E-state index contributed by atoms with van der Waals surface area (Å²) >= 11 is 0. The molecule has 1 rings (SSSR count). The maximum absolute atomic E-state index is 11.8. The third-order valence-electron chi connectivity index (χ3n) is 2.30. The third kappa shape index (κ3) is 5.80. The molecule has 0 amide bonds. The van der Waals surface area contributed by atoms with Gasteiger partial charge in [0.2, 0.25) is 0 Å². The number of aliphatic hydroxyl groups is 1. The zero-order valence-electron chi connectivity index (χ0n) is 8.83. The van der Waals surface area contributed by atoms with Gasteiger partial charge in [-0.2, -0.15) is 13.2 Å². The maximum Gasteiger partial charge on any atom is 0.389 e. The molecular weight excluding hydrogens is 221 g/mol. The van der Waals surface area contributed by atoms with Gasteiger partial charge in [0.1, 0.15) is 5.76 Å². The van der Waals surface area contributed by atoms with Gasteiger partial charge >= 0.3 is 6.18 Å². The normalized spacial score (nSPS) is 14.0. The molecule has 0 bridgehead atoms. The molecule has 0 fully saturated rings. The molecule has 0 saturated heterocycles. The highest BCUT2D eigenvalue weighted by atomic mass is 19.4. The Kier molecular flexibility index (Phi) is 4.86. The Labute approximate surface area is 92.1 Å². The summed E-state index contributed by atoms with van der Waals surface area (Å²) in [5.74, 6) is 0.745. The number of rotatable bonds is 6. The van der Waals surface area contributed by atoms with E-state index in [0.717, 1.165) is 5.76 Å². The lowest BCUT2D eigenvalue weighted by atomic mass is 10.1. The van der Waals surface area contributed by atoms with E-state index in [1.165, 1.54) is 6.26 Å². The van der Waals surface area contributed by atoms with Gasteiger partial charge in [-0.1, -0.05) is 0 Å². The van der Waals surface area contributed by atoms with Gasteiger partial charge in [-0.3, -0.25) is 0 Å². The molecule has 0 aliphatic rings. The number of aryl methyl sites for hydroxylation is 1. The number of hydrogen-bond donors (Lipinski definition) is 1. The van der Waals surface area contributed by atoms with Crippen LogP contribution in [0.5, 0.6) is 0 Å². The standard InChI is InChI=1S/C11H15F3O2/c12-11(13,14)7-1-3-9(15)5-6-10-4-2-8-16-10/h2,4,8-9,15H,1,3,5-7H2. The highest BCUT2D eigenvalue weighted by Gasteiger charge is 2.26. The van der Waals surface area contributed by atoms with Crippen molar-refractivity contribution in [3.8, 4) is 0 Å². The van der Waals surface area contributed by atoms with Crippen molar-refractivity contribution in [2.45, 2.75) is 44.4 Å². The fourth-order valence-corrected chi connectivity index (χ4v) is 1.45. The van der Waals surface area contributed by atoms with Gasteiger partial charge in [0, 0.05) is 12.8 Å². The molecule has 0 saturated carbocycles. The van der Waals surface area contributed by atoms with E-state index >= 15 is 0 Å². The van der Waals surface area contributed by atoms with Gasteiger partial charge in [0.15, 0.2) is 0 Å². The Morgan fingerprint density at radius 1 is 1.31 bits per heavy atom. The maximum atomic E-state index is 11.8. The molecule has 0 aromatic carbocycles. The molecular formula is C11H15F3O2. The van der Waals surface area contributed by atoms with Crippen molar-refractivity contribution in [1.29, 1.82) is 0 Å². The largest absolute Gasteiger partial charge is 0.469 e. The lowest BCUT2D eigenvalue weighted by Crippen LogP contribution is -2.12. The molecule has 16 heavy (non-hydrogen) atoms. The van der Waals surface area contributed by atoms with Crippen LogP contribution in [0.3, 0.4) is 0 Å². The number of alkyl halides is 3. The van der Waals surface area contributed by atoms with Gasteiger partial charge < -0.3 is 9.52 Å². The number of halogens is 3. The summed E-state index contributed by atoms with van der Waals surface area (Å²) in [6.07, 6.45) is -2.96. The Balaban J connectivity index is 2.09. The lowest BCUT2D eigenvalue weighted by molar-refractivity contribution is -0.136. The van der Waals surface area contributed by atoms with Crippen molar-refractivity contribution in [2.24, 2.45) is 0 Å². The van der Waals surface area contributed by atoms with Crippen LogP contribution in [0.2, 0.25) is 0 Å². The molecule has 1 aromatic rings. The van der Waals surface area contributed by atoms with E-state index in [0.29, 0.717) is 12.8 Å². The molecule has 0 aliphatic heterocycles. The molecule has 2 nitrogen and oxygen atoms in total. The number of aliphatic hydroxyl groups excluding tert-OH is 1. The highest BCUT2D eigenvalue weighted by molar-refractivity contribution is 4.98. The topological polar surface area (TPSA) is 33.4 Å². The fourth-order valence-electron chi connectivity index (χ4n) is 1.45. The monoisotopic (exact) mass is 236 g/mol. The van der Waals surface area contributed by atoms with E-state index in [2.05, 4.69) is 0 Å². The van der Waals surface area contributed by atoms with Gasteiger partial charge in [-0.15, -0.1) is 0 Å². The first kappa shape index (κ1) is 13.1. The minimum Gasteiger partial charge on any atom is -0.469 e. The quantitative estimate of drug-likeness (QED) is 0.822. The highest BCUT2D eigenvalue weighted by Crippen LogP contribution is 2.23. The third-order valence-corrected chi connectivity index (χ3v) is 2.30. The molecule has 1 unspecified atom stereocenters. The summed E-state index contributed by atoms with van der Waals surface area (Å²) in [5.41, 5.74) is 0. The summed E-state index contributed by atoms with van der Waals surface area (Å²) in [4.78, 5) is 0. The van der Waals surface area contributed by atoms with Crippen LogP contribution in [0, 0.1) is 0 Å². The molecule has 0 aliphatic carbocycles. The van der Waals surface area contributed by atoms with E-state index in [4.69, 9.17) is 4.42 Å². The predicted molar refractivity (Wildman–Crippen MR) is 52.9 cm³/mol. The Morgan fingerprint density at radius 3 is 2.62 bits per heavy atom. The van der Waals surface area contributed by atoms with Crippen molar-refractivity contribution >= 4 is 0 Å². The van der Waals surface area contributed by atoms with Crippen LogP contribution >= 0.6 is 0 Å². The zero-order chi connectivity index (χ0) is 12.0. The van der Waals surface area contributed by atoms with Crippen LogP contribution in [-0.4, -0.2) is 17.4 Å². The van der Waals surface area contributed by atoms with E-state index in [-0.39, 0.29) is 12.8 Å². The minimum atomic E-state index is -4.12. The van der Waals surface area contributed by atoms with Gasteiger partial charge in [0.05, 0.1) is 12.4 Å². The van der Waals surface area contributed by atoms with Gasteiger partial charge in [-0.05, 0) is 31.4 Å². The van der Waals surface area contributed by atoms with Crippen molar-refractivity contribution in [1.82, 2.24) is 0 Å². The zero-order valence-corrected chi connectivity index (χ0v) is 8.83. The van der Waals surface area contributed by atoms with Crippen LogP contribution in [0.4, 0.5) is 13.2 Å². The van der Waals surface area contributed by atoms with Gasteiger partial charge in [-0.25, -0.2) is 0 Å². The van der Waals surface area contributed by atoms with Crippen molar-refractivity contribution in [3.63, 3.8) is 0 Å². The van der Waals surface area contributed by atoms with Crippen LogP contribution in [-0.2, 0) is 6.42 Å². The summed E-state index contributed by atoms with van der Waals surface area (Å²) in [6.45, 7) is 0. The fraction of sp³-hybridized carbons (Fsp3) is 0.636. The van der Waals surface area contributed by atoms with Crippen LogP contribution in [0.15, 0.2) is 22.8 Å². The van der Waals surface area contributed by atoms with Crippen molar-refractivity contribution in [3.05, 3.63) is 24.2 Å². The van der Waals surface area contributed by atoms with Crippen LogP contribution in [0.25, 0.3) is 0 Å². The van der Waals surface area contributed by atoms with E-state index < -0.39 is 18.7 Å². The molecule has 1 heterocycles. The second kappa shape index (κ2) is 5.94. The molecule has 92 valence electrons.